The van der Waals surface area contributed by atoms with Crippen molar-refractivity contribution < 1.29 is 9.13 Å². The second-order valence-corrected chi connectivity index (χ2v) is 5.71. The van der Waals surface area contributed by atoms with E-state index in [4.69, 9.17) is 10.5 Å². The van der Waals surface area contributed by atoms with Gasteiger partial charge >= 0.3 is 0 Å². The molecule has 0 aliphatic heterocycles. The lowest BCUT2D eigenvalue weighted by Crippen LogP contribution is -2.19. The first-order chi connectivity index (χ1) is 9.11. The SMILES string of the molecule is NCC(Oc1ccc(Br)cc1Br)c1ccccc1F. The molecule has 0 saturated carbocycles. The summed E-state index contributed by atoms with van der Waals surface area (Å²) >= 11 is 6.77. The zero-order chi connectivity index (χ0) is 13.8. The van der Waals surface area contributed by atoms with Crippen LogP contribution in [0.25, 0.3) is 0 Å². The van der Waals surface area contributed by atoms with Crippen molar-refractivity contribution in [2.45, 2.75) is 6.10 Å². The smallest absolute Gasteiger partial charge is 0.139 e. The highest BCUT2D eigenvalue weighted by Gasteiger charge is 2.16. The Hall–Kier alpha value is -0.910. The van der Waals surface area contributed by atoms with Crippen LogP contribution in [0.2, 0.25) is 0 Å². The van der Waals surface area contributed by atoms with E-state index >= 15 is 0 Å². The molecule has 0 spiro atoms. The number of ether oxygens (including phenoxy) is 1. The Kier molecular flexibility index (Phi) is 4.96. The number of rotatable bonds is 4. The quantitative estimate of drug-likeness (QED) is 0.840. The summed E-state index contributed by atoms with van der Waals surface area (Å²) in [7, 11) is 0. The third kappa shape index (κ3) is 3.55. The van der Waals surface area contributed by atoms with Crippen LogP contribution in [0.3, 0.4) is 0 Å². The van der Waals surface area contributed by atoms with Gasteiger partial charge in [0, 0.05) is 16.6 Å². The summed E-state index contributed by atoms with van der Waals surface area (Å²) in [4.78, 5) is 0. The normalized spacial score (nSPS) is 12.2. The van der Waals surface area contributed by atoms with Crippen molar-refractivity contribution in [3.63, 3.8) is 0 Å². The standard InChI is InChI=1S/C14H12Br2FNO/c15-9-5-6-13(11(16)7-9)19-14(8-18)10-3-1-2-4-12(10)17/h1-7,14H,8,18H2. The molecule has 0 fully saturated rings. The predicted octanol–water partition coefficient (Wildman–Crippen LogP) is 4.43. The zero-order valence-electron chi connectivity index (χ0n) is 9.95. The van der Waals surface area contributed by atoms with Gasteiger partial charge in [-0.15, -0.1) is 0 Å². The molecule has 0 aliphatic rings. The minimum Gasteiger partial charge on any atom is -0.483 e. The Bertz CT molecular complexity index is 577. The van der Waals surface area contributed by atoms with Gasteiger partial charge < -0.3 is 10.5 Å². The van der Waals surface area contributed by atoms with Crippen LogP contribution in [0.1, 0.15) is 11.7 Å². The van der Waals surface area contributed by atoms with Gasteiger partial charge in [0.2, 0.25) is 0 Å². The predicted molar refractivity (Wildman–Crippen MR) is 80.7 cm³/mol. The van der Waals surface area contributed by atoms with Crippen LogP contribution in [-0.4, -0.2) is 6.54 Å². The summed E-state index contributed by atoms with van der Waals surface area (Å²) in [6.45, 7) is 0.198. The van der Waals surface area contributed by atoms with Crippen LogP contribution in [0.5, 0.6) is 5.75 Å². The molecule has 0 radical (unpaired) electrons. The van der Waals surface area contributed by atoms with Crippen molar-refractivity contribution in [2.24, 2.45) is 5.73 Å². The molecule has 0 bridgehead atoms. The molecule has 0 saturated heterocycles. The summed E-state index contributed by atoms with van der Waals surface area (Å²) < 4.78 is 21.2. The van der Waals surface area contributed by atoms with Gasteiger partial charge in [0.25, 0.3) is 0 Å². The van der Waals surface area contributed by atoms with E-state index in [0.29, 0.717) is 11.3 Å². The highest BCUT2D eigenvalue weighted by molar-refractivity contribution is 9.11. The van der Waals surface area contributed by atoms with E-state index in [9.17, 15) is 4.39 Å². The van der Waals surface area contributed by atoms with Crippen molar-refractivity contribution in [3.8, 4) is 5.75 Å². The molecule has 2 aromatic carbocycles. The molecule has 100 valence electrons. The van der Waals surface area contributed by atoms with Gasteiger partial charge in [0.05, 0.1) is 4.47 Å². The van der Waals surface area contributed by atoms with Gasteiger partial charge in [-0.1, -0.05) is 34.1 Å². The van der Waals surface area contributed by atoms with Gasteiger partial charge in [-0.25, -0.2) is 4.39 Å². The maximum atomic E-state index is 13.7. The molecule has 0 heterocycles. The average molecular weight is 389 g/mol. The van der Waals surface area contributed by atoms with Gasteiger partial charge in [0.1, 0.15) is 17.7 Å². The fraction of sp³-hybridized carbons (Fsp3) is 0.143. The van der Waals surface area contributed by atoms with Gasteiger partial charge in [-0.05, 0) is 40.2 Å². The van der Waals surface area contributed by atoms with E-state index in [-0.39, 0.29) is 12.4 Å². The molecule has 2 rings (SSSR count). The summed E-state index contributed by atoms with van der Waals surface area (Å²) in [6.07, 6.45) is -0.515. The zero-order valence-corrected chi connectivity index (χ0v) is 13.1. The number of hydrogen-bond acceptors (Lipinski definition) is 2. The Morgan fingerprint density at radius 1 is 1.16 bits per heavy atom. The van der Waals surface area contributed by atoms with Gasteiger partial charge in [-0.2, -0.15) is 0 Å². The molecular formula is C14H12Br2FNO. The molecule has 2 nitrogen and oxygen atoms in total. The fourth-order valence-corrected chi connectivity index (χ4v) is 2.84. The second-order valence-electron chi connectivity index (χ2n) is 3.94. The van der Waals surface area contributed by atoms with Crippen LogP contribution in [-0.2, 0) is 0 Å². The van der Waals surface area contributed by atoms with Crippen LogP contribution in [0, 0.1) is 5.82 Å². The average Bonchev–Trinajstić information content (AvgIpc) is 2.39. The monoisotopic (exact) mass is 387 g/mol. The molecule has 0 aromatic heterocycles. The number of hydrogen-bond donors (Lipinski definition) is 1. The minimum atomic E-state index is -0.515. The Labute approximate surface area is 128 Å². The lowest BCUT2D eigenvalue weighted by Gasteiger charge is -2.19. The largest absolute Gasteiger partial charge is 0.483 e. The molecular weight excluding hydrogens is 377 g/mol. The third-order valence-corrected chi connectivity index (χ3v) is 3.74. The topological polar surface area (TPSA) is 35.2 Å². The summed E-state index contributed by atoms with van der Waals surface area (Å²) in [5.74, 6) is 0.313. The number of benzene rings is 2. The molecule has 0 amide bonds. The maximum absolute atomic E-state index is 13.7. The van der Waals surface area contributed by atoms with E-state index in [1.165, 1.54) is 6.07 Å². The van der Waals surface area contributed by atoms with Gasteiger partial charge in [-0.3, -0.25) is 0 Å². The summed E-state index contributed by atoms with van der Waals surface area (Å²) in [5, 5.41) is 0. The van der Waals surface area contributed by atoms with E-state index < -0.39 is 6.10 Å². The van der Waals surface area contributed by atoms with E-state index in [2.05, 4.69) is 31.9 Å². The van der Waals surface area contributed by atoms with Crippen molar-refractivity contribution in [1.82, 2.24) is 0 Å². The van der Waals surface area contributed by atoms with Crippen LogP contribution in [0.4, 0.5) is 4.39 Å². The first-order valence-electron chi connectivity index (χ1n) is 5.68. The van der Waals surface area contributed by atoms with Gasteiger partial charge in [0.15, 0.2) is 0 Å². The molecule has 1 unspecified atom stereocenters. The first-order valence-corrected chi connectivity index (χ1v) is 7.26. The highest BCUT2D eigenvalue weighted by atomic mass is 79.9. The Balaban J connectivity index is 2.27. The van der Waals surface area contributed by atoms with Crippen molar-refractivity contribution in [3.05, 3.63) is 62.8 Å². The van der Waals surface area contributed by atoms with Crippen LogP contribution in [0.15, 0.2) is 51.4 Å². The van der Waals surface area contributed by atoms with Crippen LogP contribution < -0.4 is 10.5 Å². The second kappa shape index (κ2) is 6.50. The third-order valence-electron chi connectivity index (χ3n) is 2.63. The van der Waals surface area contributed by atoms with E-state index in [1.54, 1.807) is 24.3 Å². The van der Waals surface area contributed by atoms with Crippen LogP contribution >= 0.6 is 31.9 Å². The Morgan fingerprint density at radius 3 is 2.53 bits per heavy atom. The molecule has 19 heavy (non-hydrogen) atoms. The lowest BCUT2D eigenvalue weighted by atomic mass is 10.1. The Morgan fingerprint density at radius 2 is 1.89 bits per heavy atom. The number of nitrogens with two attached hydrogens (primary N) is 1. The van der Waals surface area contributed by atoms with Crippen molar-refractivity contribution in [2.75, 3.05) is 6.54 Å². The minimum absolute atomic E-state index is 0.198. The molecule has 0 aliphatic carbocycles. The maximum Gasteiger partial charge on any atom is 0.139 e. The fourth-order valence-electron chi connectivity index (χ4n) is 1.70. The summed E-state index contributed by atoms with van der Waals surface area (Å²) in [6, 6.07) is 12.0. The molecule has 2 aromatic rings. The highest BCUT2D eigenvalue weighted by Crippen LogP contribution is 2.32. The summed E-state index contributed by atoms with van der Waals surface area (Å²) in [5.41, 5.74) is 6.14. The lowest BCUT2D eigenvalue weighted by molar-refractivity contribution is 0.207. The molecule has 5 heteroatoms. The van der Waals surface area contributed by atoms with E-state index in [0.717, 1.165) is 8.95 Å². The van der Waals surface area contributed by atoms with Crippen molar-refractivity contribution in [1.29, 1.82) is 0 Å². The first kappa shape index (κ1) is 14.5. The van der Waals surface area contributed by atoms with Crippen molar-refractivity contribution >= 4 is 31.9 Å². The van der Waals surface area contributed by atoms with E-state index in [1.807, 2.05) is 12.1 Å². The molecule has 1 atom stereocenters. The molecule has 2 N–H and O–H groups in total. The number of halogens is 3.